The van der Waals surface area contributed by atoms with E-state index in [9.17, 15) is 4.79 Å². The Kier molecular flexibility index (Phi) is 7.12. The summed E-state index contributed by atoms with van der Waals surface area (Å²) in [6.07, 6.45) is 1.18. The molecule has 0 saturated carbocycles. The number of hydrogen-bond donors (Lipinski definition) is 0. The van der Waals surface area contributed by atoms with Crippen molar-refractivity contribution in [3.05, 3.63) is 108 Å². The number of carbonyl (C=O) groups is 1. The van der Waals surface area contributed by atoms with E-state index in [0.717, 1.165) is 33.9 Å². The number of aryl methyl sites for hydroxylation is 1. The van der Waals surface area contributed by atoms with Crippen molar-refractivity contribution in [3.63, 3.8) is 0 Å². The van der Waals surface area contributed by atoms with Crippen molar-refractivity contribution < 1.29 is 18.7 Å². The zero-order valence-electron chi connectivity index (χ0n) is 19.8. The number of carbonyl (C=O) groups excluding carboxylic acids is 1. The van der Waals surface area contributed by atoms with E-state index in [4.69, 9.17) is 13.9 Å². The maximum Gasteiger partial charge on any atom is 0.316 e. The van der Waals surface area contributed by atoms with Crippen LogP contribution in [-0.4, -0.2) is 24.7 Å². The predicted molar refractivity (Wildman–Crippen MR) is 132 cm³/mol. The fraction of sp³-hybridized carbons (Fsp3) is 0.241. The number of nitrogens with zero attached hydrogens (tertiary/aromatic N) is 1. The monoisotopic (exact) mass is 455 g/mol. The molecule has 1 atom stereocenters. The standard InChI is InChI=1S/C29H29NO4/c1-21-26(30-27(34-21)23-10-6-4-7-11-23)18-19-33-25-16-14-22(15-17-25)20-29(2,28(31)32-3)24-12-8-5-9-13-24/h4-17H,18-20H2,1-3H3. The Balaban J connectivity index is 1.38. The molecule has 34 heavy (non-hydrogen) atoms. The highest BCUT2D eigenvalue weighted by molar-refractivity contribution is 5.83. The Morgan fingerprint density at radius 3 is 2.24 bits per heavy atom. The molecule has 4 aromatic rings. The first kappa shape index (κ1) is 23.3. The number of aromatic nitrogens is 1. The van der Waals surface area contributed by atoms with Crippen molar-refractivity contribution >= 4 is 5.97 Å². The van der Waals surface area contributed by atoms with Crippen LogP contribution in [0.25, 0.3) is 11.5 Å². The zero-order chi connectivity index (χ0) is 24.0. The van der Waals surface area contributed by atoms with Gasteiger partial charge in [0.1, 0.15) is 11.5 Å². The molecule has 0 amide bonds. The largest absolute Gasteiger partial charge is 0.493 e. The van der Waals surface area contributed by atoms with Crippen molar-refractivity contribution in [1.29, 1.82) is 0 Å². The Morgan fingerprint density at radius 2 is 1.59 bits per heavy atom. The lowest BCUT2D eigenvalue weighted by atomic mass is 9.77. The third-order valence-corrected chi connectivity index (χ3v) is 6.05. The first-order chi connectivity index (χ1) is 16.5. The molecule has 0 aliphatic rings. The van der Waals surface area contributed by atoms with Crippen LogP contribution in [0.15, 0.2) is 89.3 Å². The van der Waals surface area contributed by atoms with Gasteiger partial charge in [0.2, 0.25) is 5.89 Å². The SMILES string of the molecule is COC(=O)C(C)(Cc1ccc(OCCc2nc(-c3ccccc3)oc2C)cc1)c1ccccc1. The average molecular weight is 456 g/mol. The summed E-state index contributed by atoms with van der Waals surface area (Å²) in [5, 5.41) is 0. The van der Waals surface area contributed by atoms with Crippen molar-refractivity contribution in [1.82, 2.24) is 4.98 Å². The summed E-state index contributed by atoms with van der Waals surface area (Å²) in [6.45, 7) is 4.34. The molecule has 0 spiro atoms. The van der Waals surface area contributed by atoms with E-state index in [1.165, 1.54) is 7.11 Å². The smallest absolute Gasteiger partial charge is 0.316 e. The molecule has 0 N–H and O–H groups in total. The zero-order valence-corrected chi connectivity index (χ0v) is 19.8. The van der Waals surface area contributed by atoms with Crippen LogP contribution in [0.2, 0.25) is 0 Å². The van der Waals surface area contributed by atoms with Crippen LogP contribution in [0, 0.1) is 6.92 Å². The second kappa shape index (κ2) is 10.4. The lowest BCUT2D eigenvalue weighted by Gasteiger charge is -2.27. The van der Waals surface area contributed by atoms with Gasteiger partial charge in [0.05, 0.1) is 24.8 Å². The maximum atomic E-state index is 12.6. The van der Waals surface area contributed by atoms with Gasteiger partial charge in [0.25, 0.3) is 0 Å². The van der Waals surface area contributed by atoms with Gasteiger partial charge in [-0.15, -0.1) is 0 Å². The van der Waals surface area contributed by atoms with Gasteiger partial charge in [-0.1, -0.05) is 60.7 Å². The minimum Gasteiger partial charge on any atom is -0.493 e. The lowest BCUT2D eigenvalue weighted by molar-refractivity contribution is -0.146. The molecule has 1 heterocycles. The van der Waals surface area contributed by atoms with Crippen LogP contribution in [0.1, 0.15) is 29.5 Å². The Morgan fingerprint density at radius 1 is 0.941 bits per heavy atom. The Labute approximate surface area is 200 Å². The van der Waals surface area contributed by atoms with Gasteiger partial charge in [-0.25, -0.2) is 4.98 Å². The van der Waals surface area contributed by atoms with Crippen LogP contribution >= 0.6 is 0 Å². The Hall–Kier alpha value is -3.86. The fourth-order valence-corrected chi connectivity index (χ4v) is 4.06. The number of ether oxygens (including phenoxy) is 2. The number of esters is 1. The molecule has 0 radical (unpaired) electrons. The molecule has 0 saturated heterocycles. The fourth-order valence-electron chi connectivity index (χ4n) is 4.06. The summed E-state index contributed by atoms with van der Waals surface area (Å²) in [4.78, 5) is 17.3. The molecule has 1 aromatic heterocycles. The molecular formula is C29H29NO4. The Bertz CT molecular complexity index is 1220. The highest BCUT2D eigenvalue weighted by Gasteiger charge is 2.36. The molecule has 0 aliphatic heterocycles. The molecule has 5 heteroatoms. The average Bonchev–Trinajstić information content (AvgIpc) is 3.26. The summed E-state index contributed by atoms with van der Waals surface area (Å²) in [5.41, 5.74) is 3.05. The van der Waals surface area contributed by atoms with E-state index in [-0.39, 0.29) is 5.97 Å². The molecule has 3 aromatic carbocycles. The third-order valence-electron chi connectivity index (χ3n) is 6.05. The number of rotatable bonds is 9. The van der Waals surface area contributed by atoms with Crippen LogP contribution in [0.5, 0.6) is 5.75 Å². The lowest BCUT2D eigenvalue weighted by Crippen LogP contribution is -2.36. The highest BCUT2D eigenvalue weighted by atomic mass is 16.5. The van der Waals surface area contributed by atoms with Gasteiger partial charge >= 0.3 is 5.97 Å². The van der Waals surface area contributed by atoms with Gasteiger partial charge in [-0.2, -0.15) is 0 Å². The number of benzene rings is 3. The second-order valence-corrected chi connectivity index (χ2v) is 8.50. The molecule has 4 rings (SSSR count). The van der Waals surface area contributed by atoms with Crippen LogP contribution < -0.4 is 4.74 Å². The summed E-state index contributed by atoms with van der Waals surface area (Å²) in [7, 11) is 1.43. The van der Waals surface area contributed by atoms with Crippen molar-refractivity contribution in [3.8, 4) is 17.2 Å². The summed E-state index contributed by atoms with van der Waals surface area (Å²) >= 11 is 0. The normalized spacial score (nSPS) is 12.7. The second-order valence-electron chi connectivity index (χ2n) is 8.50. The van der Waals surface area contributed by atoms with E-state index in [2.05, 4.69) is 4.98 Å². The van der Waals surface area contributed by atoms with Crippen LogP contribution in [0.4, 0.5) is 0 Å². The minimum atomic E-state index is -0.765. The number of hydrogen-bond acceptors (Lipinski definition) is 5. The molecular weight excluding hydrogens is 426 g/mol. The van der Waals surface area contributed by atoms with E-state index in [0.29, 0.717) is 25.3 Å². The van der Waals surface area contributed by atoms with Gasteiger partial charge in [-0.3, -0.25) is 4.79 Å². The van der Waals surface area contributed by atoms with Gasteiger partial charge in [0.15, 0.2) is 0 Å². The first-order valence-electron chi connectivity index (χ1n) is 11.4. The van der Waals surface area contributed by atoms with Crippen molar-refractivity contribution in [2.45, 2.75) is 32.1 Å². The summed E-state index contributed by atoms with van der Waals surface area (Å²) in [6, 6.07) is 27.5. The molecule has 0 fully saturated rings. The predicted octanol–water partition coefficient (Wildman–Crippen LogP) is 5.94. The quantitative estimate of drug-likeness (QED) is 0.292. The molecule has 5 nitrogen and oxygen atoms in total. The molecule has 174 valence electrons. The van der Waals surface area contributed by atoms with E-state index in [1.807, 2.05) is 98.8 Å². The summed E-state index contributed by atoms with van der Waals surface area (Å²) in [5.74, 6) is 1.95. The number of oxazole rings is 1. The minimum absolute atomic E-state index is 0.253. The van der Waals surface area contributed by atoms with Crippen LogP contribution in [0.3, 0.4) is 0 Å². The third kappa shape index (κ3) is 5.20. The number of methoxy groups -OCH3 is 1. The summed E-state index contributed by atoms with van der Waals surface area (Å²) < 4.78 is 16.9. The van der Waals surface area contributed by atoms with E-state index >= 15 is 0 Å². The topological polar surface area (TPSA) is 61.6 Å². The van der Waals surface area contributed by atoms with Crippen LogP contribution in [-0.2, 0) is 27.8 Å². The highest BCUT2D eigenvalue weighted by Crippen LogP contribution is 2.30. The van der Waals surface area contributed by atoms with Gasteiger partial charge < -0.3 is 13.9 Å². The van der Waals surface area contributed by atoms with Gasteiger partial charge in [-0.05, 0) is 55.7 Å². The van der Waals surface area contributed by atoms with E-state index < -0.39 is 5.41 Å². The van der Waals surface area contributed by atoms with Gasteiger partial charge in [0, 0.05) is 12.0 Å². The molecule has 0 bridgehead atoms. The van der Waals surface area contributed by atoms with Crippen molar-refractivity contribution in [2.24, 2.45) is 0 Å². The molecule has 1 unspecified atom stereocenters. The molecule has 0 aliphatic carbocycles. The van der Waals surface area contributed by atoms with E-state index in [1.54, 1.807) is 0 Å². The first-order valence-corrected chi connectivity index (χ1v) is 11.4. The van der Waals surface area contributed by atoms with Crippen molar-refractivity contribution in [2.75, 3.05) is 13.7 Å². The maximum absolute atomic E-state index is 12.6.